The zero-order valence-electron chi connectivity index (χ0n) is 11.6. The molecule has 2 aromatic rings. The van der Waals surface area contributed by atoms with Crippen molar-refractivity contribution in [2.75, 3.05) is 10.8 Å². The molecule has 0 saturated carbocycles. The van der Waals surface area contributed by atoms with E-state index in [9.17, 15) is 22.7 Å². The summed E-state index contributed by atoms with van der Waals surface area (Å²) in [6.45, 7) is -0.260. The summed E-state index contributed by atoms with van der Waals surface area (Å²) in [6.07, 6.45) is 0. The van der Waals surface area contributed by atoms with Crippen LogP contribution in [0.5, 0.6) is 0 Å². The second kappa shape index (κ2) is 5.50. The fraction of sp³-hybridized carbons (Fsp3) is 0.133. The number of fused-ring (bicyclic) bond motifs is 1. The molecule has 1 heterocycles. The molecule has 8 heteroatoms. The first-order valence-electron chi connectivity index (χ1n) is 6.62. The molecular weight excluding hydrogens is 345 g/mol. The molecule has 0 aliphatic carbocycles. The number of rotatable bonds is 3. The minimum absolute atomic E-state index is 0.123. The average molecular weight is 356 g/mol. The number of hydrogen-bond acceptors (Lipinski definition) is 3. The quantitative estimate of drug-likeness (QED) is 0.918. The Bertz CT molecular complexity index is 900. The monoisotopic (exact) mass is 355 g/mol. The highest BCUT2D eigenvalue weighted by molar-refractivity contribution is 7.93. The van der Waals surface area contributed by atoms with Gasteiger partial charge in [0, 0.05) is 0 Å². The first kappa shape index (κ1) is 15.8. The van der Waals surface area contributed by atoms with Gasteiger partial charge in [0.1, 0.15) is 16.6 Å². The second-order valence-corrected chi connectivity index (χ2v) is 7.30. The summed E-state index contributed by atoms with van der Waals surface area (Å²) in [5, 5.41) is 9.18. The highest BCUT2D eigenvalue weighted by Crippen LogP contribution is 2.40. The number of benzene rings is 2. The molecule has 120 valence electrons. The van der Waals surface area contributed by atoms with Crippen LogP contribution in [0.3, 0.4) is 0 Å². The third-order valence-electron chi connectivity index (χ3n) is 3.69. The molecule has 0 unspecified atom stereocenters. The van der Waals surface area contributed by atoms with Gasteiger partial charge in [-0.15, -0.1) is 0 Å². The largest absolute Gasteiger partial charge is 0.481 e. The molecule has 1 aliphatic heterocycles. The number of sulfonamides is 1. The van der Waals surface area contributed by atoms with Gasteiger partial charge in [-0.05, 0) is 29.8 Å². The lowest BCUT2D eigenvalue weighted by molar-refractivity contribution is -0.138. The lowest BCUT2D eigenvalue weighted by atomic mass is 10.0. The van der Waals surface area contributed by atoms with E-state index < -0.39 is 27.7 Å². The van der Waals surface area contributed by atoms with Crippen LogP contribution in [0.2, 0.25) is 5.02 Å². The summed E-state index contributed by atoms with van der Waals surface area (Å²) in [5.74, 6) is -2.84. The van der Waals surface area contributed by atoms with Crippen molar-refractivity contribution in [1.29, 1.82) is 0 Å². The number of carboxylic acids is 1. The van der Waals surface area contributed by atoms with Gasteiger partial charge in [-0.25, -0.2) is 12.8 Å². The molecule has 1 atom stereocenters. The molecule has 5 nitrogen and oxygen atoms in total. The van der Waals surface area contributed by atoms with Crippen molar-refractivity contribution in [3.8, 4) is 0 Å². The van der Waals surface area contributed by atoms with Crippen LogP contribution >= 0.6 is 11.6 Å². The van der Waals surface area contributed by atoms with E-state index in [0.717, 1.165) is 22.5 Å². The Morgan fingerprint density at radius 2 is 1.96 bits per heavy atom. The van der Waals surface area contributed by atoms with Crippen molar-refractivity contribution in [2.24, 2.45) is 0 Å². The van der Waals surface area contributed by atoms with E-state index in [4.69, 9.17) is 11.6 Å². The van der Waals surface area contributed by atoms with Gasteiger partial charge in [0.15, 0.2) is 0 Å². The molecule has 3 rings (SSSR count). The molecule has 23 heavy (non-hydrogen) atoms. The molecule has 0 radical (unpaired) electrons. The van der Waals surface area contributed by atoms with Crippen LogP contribution in [-0.4, -0.2) is 26.0 Å². The number of nitrogens with zero attached hydrogens (tertiary/aromatic N) is 1. The fourth-order valence-electron chi connectivity index (χ4n) is 2.60. The van der Waals surface area contributed by atoms with E-state index in [1.165, 1.54) is 6.07 Å². The summed E-state index contributed by atoms with van der Waals surface area (Å²) < 4.78 is 40.0. The molecule has 0 saturated heterocycles. The molecule has 2 aromatic carbocycles. The number of carbonyl (C=O) groups is 1. The number of aliphatic carboxylic acids is 1. The van der Waals surface area contributed by atoms with E-state index in [-0.39, 0.29) is 22.2 Å². The van der Waals surface area contributed by atoms with Gasteiger partial charge in [0.2, 0.25) is 0 Å². The second-order valence-electron chi connectivity index (χ2n) is 5.06. The smallest absolute Gasteiger partial charge is 0.312 e. The third kappa shape index (κ3) is 2.55. The maximum atomic E-state index is 13.4. The van der Waals surface area contributed by atoms with Crippen molar-refractivity contribution in [2.45, 2.75) is 10.8 Å². The summed E-state index contributed by atoms with van der Waals surface area (Å²) >= 11 is 5.90. The van der Waals surface area contributed by atoms with Crippen LogP contribution in [0.4, 0.5) is 10.1 Å². The van der Waals surface area contributed by atoms with Gasteiger partial charge in [-0.3, -0.25) is 9.10 Å². The zero-order valence-corrected chi connectivity index (χ0v) is 13.2. The first-order chi connectivity index (χ1) is 10.8. The lowest BCUT2D eigenvalue weighted by Crippen LogP contribution is -2.31. The van der Waals surface area contributed by atoms with Gasteiger partial charge in [0.05, 0.1) is 17.3 Å². The summed E-state index contributed by atoms with van der Waals surface area (Å²) in [6, 6.07) is 9.37. The van der Waals surface area contributed by atoms with Crippen LogP contribution < -0.4 is 4.31 Å². The first-order valence-corrected chi connectivity index (χ1v) is 8.43. The molecule has 0 amide bonds. The Hall–Kier alpha value is -2.12. The molecule has 0 spiro atoms. The number of anilines is 1. The predicted molar refractivity (Wildman–Crippen MR) is 82.8 cm³/mol. The van der Waals surface area contributed by atoms with E-state index in [2.05, 4.69) is 0 Å². The average Bonchev–Trinajstić information content (AvgIpc) is 2.90. The predicted octanol–water partition coefficient (Wildman–Crippen LogP) is 2.86. The maximum absolute atomic E-state index is 13.4. The Labute approximate surface area is 137 Å². The van der Waals surface area contributed by atoms with E-state index in [1.807, 2.05) is 0 Å². The third-order valence-corrected chi connectivity index (χ3v) is 5.95. The van der Waals surface area contributed by atoms with Crippen LogP contribution in [0.1, 0.15) is 11.5 Å². The Morgan fingerprint density at radius 3 is 2.65 bits per heavy atom. The van der Waals surface area contributed by atoms with Crippen LogP contribution in [0.25, 0.3) is 0 Å². The van der Waals surface area contributed by atoms with Gasteiger partial charge in [0.25, 0.3) is 10.0 Å². The molecule has 1 aliphatic rings. The Balaban J connectivity index is 2.15. The summed E-state index contributed by atoms with van der Waals surface area (Å²) in [7, 11) is -4.17. The number of carboxylic acid groups (broad SMARTS) is 1. The van der Waals surface area contributed by atoms with Gasteiger partial charge in [-0.1, -0.05) is 29.8 Å². The maximum Gasteiger partial charge on any atom is 0.312 e. The molecule has 1 N–H and O–H groups in total. The molecule has 0 aromatic heterocycles. The van der Waals surface area contributed by atoms with Gasteiger partial charge < -0.3 is 5.11 Å². The Morgan fingerprint density at radius 1 is 1.26 bits per heavy atom. The summed E-state index contributed by atoms with van der Waals surface area (Å²) in [5.41, 5.74) is 0.663. The number of hydrogen-bond donors (Lipinski definition) is 1. The van der Waals surface area contributed by atoms with Crippen molar-refractivity contribution < 1.29 is 22.7 Å². The van der Waals surface area contributed by atoms with Crippen LogP contribution in [-0.2, 0) is 14.8 Å². The normalized spacial score (nSPS) is 17.1. The zero-order chi connectivity index (χ0) is 16.8. The lowest BCUT2D eigenvalue weighted by Gasteiger charge is -2.20. The van der Waals surface area contributed by atoms with Crippen LogP contribution in [0, 0.1) is 5.82 Å². The highest BCUT2D eigenvalue weighted by Gasteiger charge is 2.40. The minimum Gasteiger partial charge on any atom is -0.481 e. The topological polar surface area (TPSA) is 74.7 Å². The summed E-state index contributed by atoms with van der Waals surface area (Å²) in [4.78, 5) is 11.0. The van der Waals surface area contributed by atoms with Crippen molar-refractivity contribution in [3.63, 3.8) is 0 Å². The van der Waals surface area contributed by atoms with E-state index in [0.29, 0.717) is 5.56 Å². The van der Waals surface area contributed by atoms with E-state index >= 15 is 0 Å². The molecular formula is C15H11ClFNO4S. The van der Waals surface area contributed by atoms with Crippen molar-refractivity contribution in [3.05, 3.63) is 58.9 Å². The molecule has 0 bridgehead atoms. The van der Waals surface area contributed by atoms with Crippen LogP contribution in [0.15, 0.2) is 47.4 Å². The minimum atomic E-state index is -4.17. The van der Waals surface area contributed by atoms with Gasteiger partial charge in [-0.2, -0.15) is 0 Å². The van der Waals surface area contributed by atoms with Gasteiger partial charge >= 0.3 is 5.97 Å². The standard InChI is InChI=1S/C15H11ClFNO4S/c16-12-6-5-9(17)7-14(12)23(21,22)18-8-11(15(19)20)10-3-1-2-4-13(10)18/h1-7,11H,8H2,(H,19,20)/t11-/m1/s1. The molecule has 0 fully saturated rings. The highest BCUT2D eigenvalue weighted by atomic mass is 35.5. The SMILES string of the molecule is O=C(O)[C@@H]1CN(S(=O)(=O)c2cc(F)ccc2Cl)c2ccccc21. The van der Waals surface area contributed by atoms with Crippen molar-refractivity contribution >= 4 is 33.3 Å². The number of halogens is 2. The fourth-order valence-corrected chi connectivity index (χ4v) is 4.60. The Kier molecular flexibility index (Phi) is 3.77. The number of para-hydroxylation sites is 1. The van der Waals surface area contributed by atoms with E-state index in [1.54, 1.807) is 18.2 Å². The van der Waals surface area contributed by atoms with Crippen molar-refractivity contribution in [1.82, 2.24) is 0 Å².